The first-order chi connectivity index (χ1) is 10.1. The predicted octanol–water partition coefficient (Wildman–Crippen LogP) is 2.62. The number of aromatic nitrogens is 2. The van der Waals surface area contributed by atoms with Crippen molar-refractivity contribution >= 4 is 5.82 Å². The fourth-order valence-electron chi connectivity index (χ4n) is 2.68. The van der Waals surface area contributed by atoms with Gasteiger partial charge in [0, 0.05) is 24.7 Å². The molecule has 5 heteroatoms. The molecule has 1 aromatic heterocycles. The third kappa shape index (κ3) is 4.84. The normalized spacial score (nSPS) is 19.0. The number of piperidine rings is 1. The van der Waals surface area contributed by atoms with Crippen LogP contribution in [0.1, 0.15) is 47.0 Å². The number of hydrogen-bond donors (Lipinski definition) is 1. The summed E-state index contributed by atoms with van der Waals surface area (Å²) in [5.74, 6) is 1.60. The maximum absolute atomic E-state index is 5.68. The van der Waals surface area contributed by atoms with Gasteiger partial charge in [0.15, 0.2) is 0 Å². The first kappa shape index (κ1) is 16.0. The van der Waals surface area contributed by atoms with E-state index >= 15 is 0 Å². The van der Waals surface area contributed by atoms with Gasteiger partial charge >= 0.3 is 0 Å². The van der Waals surface area contributed by atoms with Crippen molar-refractivity contribution in [3.8, 4) is 5.88 Å². The van der Waals surface area contributed by atoms with Gasteiger partial charge in [-0.3, -0.25) is 0 Å². The van der Waals surface area contributed by atoms with Gasteiger partial charge in [0.25, 0.3) is 0 Å². The molecule has 2 heterocycles. The van der Waals surface area contributed by atoms with E-state index < -0.39 is 0 Å². The van der Waals surface area contributed by atoms with Crippen LogP contribution in [0.2, 0.25) is 0 Å². The summed E-state index contributed by atoms with van der Waals surface area (Å²) in [5, 5.41) is 3.60. The minimum Gasteiger partial charge on any atom is -0.475 e. The zero-order valence-corrected chi connectivity index (χ0v) is 13.7. The summed E-state index contributed by atoms with van der Waals surface area (Å²) in [6, 6.07) is 2.89. The Morgan fingerprint density at radius 2 is 2.10 bits per heavy atom. The van der Waals surface area contributed by atoms with Crippen LogP contribution in [0.15, 0.2) is 12.4 Å². The Morgan fingerprint density at radius 3 is 2.71 bits per heavy atom. The van der Waals surface area contributed by atoms with Crippen LogP contribution in [0.5, 0.6) is 5.88 Å². The molecule has 0 spiro atoms. The van der Waals surface area contributed by atoms with Crippen molar-refractivity contribution in [1.82, 2.24) is 15.3 Å². The predicted molar refractivity (Wildman–Crippen MR) is 85.9 cm³/mol. The summed E-state index contributed by atoms with van der Waals surface area (Å²) >= 11 is 0. The first-order valence-corrected chi connectivity index (χ1v) is 8.05. The van der Waals surface area contributed by atoms with E-state index in [4.69, 9.17) is 4.74 Å². The topological polar surface area (TPSA) is 50.3 Å². The van der Waals surface area contributed by atoms with Crippen molar-refractivity contribution in [3.63, 3.8) is 0 Å². The molecular formula is C16H28N4O. The van der Waals surface area contributed by atoms with Crippen LogP contribution in [0, 0.1) is 0 Å². The fraction of sp³-hybridized carbons (Fsp3) is 0.750. The van der Waals surface area contributed by atoms with Crippen LogP contribution in [-0.4, -0.2) is 41.2 Å². The smallest absolute Gasteiger partial charge is 0.218 e. The fourth-order valence-corrected chi connectivity index (χ4v) is 2.68. The van der Waals surface area contributed by atoms with Crippen molar-refractivity contribution in [2.24, 2.45) is 0 Å². The monoisotopic (exact) mass is 292 g/mol. The lowest BCUT2D eigenvalue weighted by atomic mass is 10.0. The molecule has 1 fully saturated rings. The molecule has 0 bridgehead atoms. The molecule has 1 aliphatic rings. The molecule has 0 radical (unpaired) electrons. The van der Waals surface area contributed by atoms with E-state index in [0.29, 0.717) is 18.0 Å². The molecule has 0 aromatic carbocycles. The molecule has 118 valence electrons. The average molecular weight is 292 g/mol. The summed E-state index contributed by atoms with van der Waals surface area (Å²) < 4.78 is 5.68. The number of ether oxygens (including phenoxy) is 1. The molecule has 1 aromatic rings. The number of nitrogens with one attached hydrogen (secondary N) is 1. The highest BCUT2D eigenvalue weighted by molar-refractivity contribution is 5.42. The number of hydrogen-bond acceptors (Lipinski definition) is 5. The SMILES string of the molecule is CC(C)Oc1cc(N(CC2CCCCN2)C(C)C)ncn1. The van der Waals surface area contributed by atoms with Crippen LogP contribution in [0.4, 0.5) is 5.82 Å². The highest BCUT2D eigenvalue weighted by atomic mass is 16.5. The summed E-state index contributed by atoms with van der Waals surface area (Å²) in [5.41, 5.74) is 0. The van der Waals surface area contributed by atoms with Gasteiger partial charge in [-0.1, -0.05) is 6.42 Å². The summed E-state index contributed by atoms with van der Waals surface area (Å²) in [6.07, 6.45) is 5.56. The van der Waals surface area contributed by atoms with E-state index in [2.05, 4.69) is 34.0 Å². The molecule has 1 aliphatic heterocycles. The van der Waals surface area contributed by atoms with Crippen molar-refractivity contribution in [2.45, 2.75) is 65.1 Å². The number of nitrogens with zero attached hydrogens (tertiary/aromatic N) is 3. The van der Waals surface area contributed by atoms with Gasteiger partial charge in [0.1, 0.15) is 12.1 Å². The molecule has 1 atom stereocenters. The molecular weight excluding hydrogens is 264 g/mol. The molecule has 1 saturated heterocycles. The van der Waals surface area contributed by atoms with Gasteiger partial charge in [0.2, 0.25) is 5.88 Å². The van der Waals surface area contributed by atoms with E-state index in [0.717, 1.165) is 18.9 Å². The van der Waals surface area contributed by atoms with Gasteiger partial charge in [0.05, 0.1) is 6.10 Å². The van der Waals surface area contributed by atoms with Crippen LogP contribution in [0.3, 0.4) is 0 Å². The molecule has 0 aliphatic carbocycles. The van der Waals surface area contributed by atoms with Crippen molar-refractivity contribution in [2.75, 3.05) is 18.0 Å². The summed E-state index contributed by atoms with van der Waals surface area (Å²) in [4.78, 5) is 11.0. The lowest BCUT2D eigenvalue weighted by Crippen LogP contribution is -2.46. The average Bonchev–Trinajstić information content (AvgIpc) is 2.45. The summed E-state index contributed by atoms with van der Waals surface area (Å²) in [6.45, 7) is 10.5. The van der Waals surface area contributed by atoms with Gasteiger partial charge in [-0.05, 0) is 47.1 Å². The number of anilines is 1. The van der Waals surface area contributed by atoms with Gasteiger partial charge < -0.3 is 15.0 Å². The van der Waals surface area contributed by atoms with E-state index in [9.17, 15) is 0 Å². The molecule has 0 amide bonds. The molecule has 1 N–H and O–H groups in total. The molecule has 21 heavy (non-hydrogen) atoms. The Morgan fingerprint density at radius 1 is 1.29 bits per heavy atom. The van der Waals surface area contributed by atoms with Crippen LogP contribution in [-0.2, 0) is 0 Å². The Balaban J connectivity index is 2.09. The first-order valence-electron chi connectivity index (χ1n) is 8.05. The Labute approximate surface area is 128 Å². The third-order valence-corrected chi connectivity index (χ3v) is 3.73. The highest BCUT2D eigenvalue weighted by Gasteiger charge is 2.20. The van der Waals surface area contributed by atoms with E-state index in [1.165, 1.54) is 19.3 Å². The third-order valence-electron chi connectivity index (χ3n) is 3.73. The lowest BCUT2D eigenvalue weighted by Gasteiger charge is -2.34. The quantitative estimate of drug-likeness (QED) is 0.873. The molecule has 1 unspecified atom stereocenters. The van der Waals surface area contributed by atoms with Crippen molar-refractivity contribution < 1.29 is 4.74 Å². The Kier molecular flexibility index (Phi) is 5.79. The standard InChI is InChI=1S/C16H28N4O/c1-12(2)20(10-14-7-5-6-8-17-14)15-9-16(19-11-18-15)21-13(3)4/h9,11-14,17H,5-8,10H2,1-4H3. The largest absolute Gasteiger partial charge is 0.475 e. The van der Waals surface area contributed by atoms with E-state index in [-0.39, 0.29) is 6.10 Å². The van der Waals surface area contributed by atoms with Crippen LogP contribution >= 0.6 is 0 Å². The maximum atomic E-state index is 5.68. The molecule has 5 nitrogen and oxygen atoms in total. The maximum Gasteiger partial charge on any atom is 0.218 e. The van der Waals surface area contributed by atoms with E-state index in [1.54, 1.807) is 6.33 Å². The second kappa shape index (κ2) is 7.59. The minimum atomic E-state index is 0.125. The van der Waals surface area contributed by atoms with E-state index in [1.807, 2.05) is 19.9 Å². The van der Waals surface area contributed by atoms with Gasteiger partial charge in [-0.25, -0.2) is 9.97 Å². The number of rotatable bonds is 6. The Hall–Kier alpha value is -1.36. The second-order valence-electron chi connectivity index (χ2n) is 6.27. The summed E-state index contributed by atoms with van der Waals surface area (Å²) in [7, 11) is 0. The lowest BCUT2D eigenvalue weighted by molar-refractivity contribution is 0.232. The second-order valence-corrected chi connectivity index (χ2v) is 6.27. The van der Waals surface area contributed by atoms with Gasteiger partial charge in [-0.2, -0.15) is 0 Å². The van der Waals surface area contributed by atoms with Crippen LogP contribution in [0.25, 0.3) is 0 Å². The van der Waals surface area contributed by atoms with Crippen molar-refractivity contribution in [3.05, 3.63) is 12.4 Å². The van der Waals surface area contributed by atoms with Crippen molar-refractivity contribution in [1.29, 1.82) is 0 Å². The zero-order valence-electron chi connectivity index (χ0n) is 13.7. The minimum absolute atomic E-state index is 0.125. The Bertz CT molecular complexity index is 430. The zero-order chi connectivity index (χ0) is 15.2. The molecule has 2 rings (SSSR count). The van der Waals surface area contributed by atoms with Gasteiger partial charge in [-0.15, -0.1) is 0 Å². The molecule has 0 saturated carbocycles. The highest BCUT2D eigenvalue weighted by Crippen LogP contribution is 2.20. The van der Waals surface area contributed by atoms with Crippen LogP contribution < -0.4 is 15.0 Å².